The molecule has 1 aliphatic rings. The zero-order valence-electron chi connectivity index (χ0n) is 17.9. The van der Waals surface area contributed by atoms with E-state index in [0.717, 1.165) is 25.7 Å². The summed E-state index contributed by atoms with van der Waals surface area (Å²) in [5, 5.41) is 28.6. The SMILES string of the molecule is CCCCCCCCCC/C=C/CCCCCO[C@H]1[C@@H]([C@@H](O)CO)OC[C@H]1O. The van der Waals surface area contributed by atoms with Crippen molar-refractivity contribution in [3.8, 4) is 0 Å². The molecule has 166 valence electrons. The van der Waals surface area contributed by atoms with Gasteiger partial charge in [-0.05, 0) is 32.1 Å². The third kappa shape index (κ3) is 11.5. The lowest BCUT2D eigenvalue weighted by atomic mass is 10.1. The molecule has 0 radical (unpaired) electrons. The van der Waals surface area contributed by atoms with Gasteiger partial charge in [0.05, 0.1) is 13.2 Å². The van der Waals surface area contributed by atoms with Crippen LogP contribution in [0.4, 0.5) is 0 Å². The Hall–Kier alpha value is -0.460. The number of ether oxygens (including phenoxy) is 2. The molecule has 0 aliphatic carbocycles. The minimum atomic E-state index is -1.01. The summed E-state index contributed by atoms with van der Waals surface area (Å²) in [7, 11) is 0. The molecule has 3 N–H and O–H groups in total. The van der Waals surface area contributed by atoms with E-state index in [-0.39, 0.29) is 13.2 Å². The smallest absolute Gasteiger partial charge is 0.114 e. The molecule has 0 spiro atoms. The fraction of sp³-hybridized carbons (Fsp3) is 0.913. The third-order valence-electron chi connectivity index (χ3n) is 5.45. The molecule has 1 saturated heterocycles. The van der Waals surface area contributed by atoms with Gasteiger partial charge in [-0.15, -0.1) is 0 Å². The molecule has 5 heteroatoms. The average Bonchev–Trinajstić information content (AvgIpc) is 3.07. The topological polar surface area (TPSA) is 79.2 Å². The van der Waals surface area contributed by atoms with Crippen molar-refractivity contribution in [2.75, 3.05) is 19.8 Å². The van der Waals surface area contributed by atoms with Gasteiger partial charge >= 0.3 is 0 Å². The maximum Gasteiger partial charge on any atom is 0.114 e. The van der Waals surface area contributed by atoms with Crippen LogP contribution in [-0.4, -0.2) is 59.6 Å². The lowest BCUT2D eigenvalue weighted by Crippen LogP contribution is -2.42. The number of aliphatic hydroxyl groups excluding tert-OH is 3. The van der Waals surface area contributed by atoms with Gasteiger partial charge in [-0.3, -0.25) is 0 Å². The van der Waals surface area contributed by atoms with Crippen LogP contribution >= 0.6 is 0 Å². The molecule has 1 heterocycles. The number of unbranched alkanes of at least 4 members (excludes halogenated alkanes) is 11. The van der Waals surface area contributed by atoms with Gasteiger partial charge in [-0.25, -0.2) is 0 Å². The van der Waals surface area contributed by atoms with Crippen molar-refractivity contribution in [2.45, 2.75) is 115 Å². The van der Waals surface area contributed by atoms with Gasteiger partial charge in [0, 0.05) is 6.61 Å². The highest BCUT2D eigenvalue weighted by atomic mass is 16.6. The van der Waals surface area contributed by atoms with Gasteiger partial charge in [0.2, 0.25) is 0 Å². The molecule has 1 fully saturated rings. The van der Waals surface area contributed by atoms with Crippen LogP contribution in [0, 0.1) is 0 Å². The average molecular weight is 401 g/mol. The summed E-state index contributed by atoms with van der Waals surface area (Å²) in [5.41, 5.74) is 0. The van der Waals surface area contributed by atoms with E-state index in [2.05, 4.69) is 19.1 Å². The van der Waals surface area contributed by atoms with Crippen LogP contribution < -0.4 is 0 Å². The van der Waals surface area contributed by atoms with Gasteiger partial charge < -0.3 is 24.8 Å². The number of rotatable bonds is 18. The minimum Gasteiger partial charge on any atom is -0.394 e. The summed E-state index contributed by atoms with van der Waals surface area (Å²) in [5.74, 6) is 0. The first-order chi connectivity index (χ1) is 13.7. The van der Waals surface area contributed by atoms with Crippen molar-refractivity contribution in [2.24, 2.45) is 0 Å². The molecule has 0 aromatic carbocycles. The summed E-state index contributed by atoms with van der Waals surface area (Å²) in [6.45, 7) is 2.57. The van der Waals surface area contributed by atoms with E-state index >= 15 is 0 Å². The molecule has 0 unspecified atom stereocenters. The fourth-order valence-corrected chi connectivity index (χ4v) is 3.65. The number of allylic oxidation sites excluding steroid dienone is 2. The van der Waals surface area contributed by atoms with Gasteiger partial charge in [-0.2, -0.15) is 0 Å². The lowest BCUT2D eigenvalue weighted by molar-refractivity contribution is -0.0937. The lowest BCUT2D eigenvalue weighted by Gasteiger charge is -2.23. The van der Waals surface area contributed by atoms with Crippen LogP contribution in [0.1, 0.15) is 90.4 Å². The zero-order valence-corrected chi connectivity index (χ0v) is 17.9. The highest BCUT2D eigenvalue weighted by Crippen LogP contribution is 2.21. The van der Waals surface area contributed by atoms with Crippen LogP contribution in [0.15, 0.2) is 12.2 Å². The Morgan fingerprint density at radius 3 is 2.11 bits per heavy atom. The number of hydrogen-bond acceptors (Lipinski definition) is 5. The van der Waals surface area contributed by atoms with Crippen molar-refractivity contribution in [3.05, 3.63) is 12.2 Å². The summed E-state index contributed by atoms with van der Waals surface area (Å²) in [6.07, 6.45) is 18.1. The first-order valence-corrected chi connectivity index (χ1v) is 11.6. The van der Waals surface area contributed by atoms with Gasteiger partial charge in [0.15, 0.2) is 0 Å². The largest absolute Gasteiger partial charge is 0.394 e. The van der Waals surface area contributed by atoms with Crippen molar-refractivity contribution < 1.29 is 24.8 Å². The van der Waals surface area contributed by atoms with Crippen molar-refractivity contribution >= 4 is 0 Å². The Labute approximate surface area is 172 Å². The predicted octanol–water partition coefficient (Wildman–Crippen LogP) is 4.13. The standard InChI is InChI=1S/C23H44O5/c1-2-3-4-5-6-7-8-9-10-11-12-13-14-15-16-17-27-23-21(26)19-28-22(23)20(25)18-24/h11-12,20-26H,2-10,13-19H2,1H3/b12-11+/t20-,21+,22+,23+/m0/s1. The third-order valence-corrected chi connectivity index (χ3v) is 5.45. The Kier molecular flexibility index (Phi) is 15.9. The Bertz CT molecular complexity index is 374. The van der Waals surface area contributed by atoms with Crippen molar-refractivity contribution in [1.29, 1.82) is 0 Å². The summed E-state index contributed by atoms with van der Waals surface area (Å²) in [4.78, 5) is 0. The molecule has 5 nitrogen and oxygen atoms in total. The second-order valence-corrected chi connectivity index (χ2v) is 8.03. The van der Waals surface area contributed by atoms with Crippen LogP contribution in [0.3, 0.4) is 0 Å². The second kappa shape index (κ2) is 17.4. The fourth-order valence-electron chi connectivity index (χ4n) is 3.65. The normalized spacial score (nSPS) is 23.6. The van der Waals surface area contributed by atoms with E-state index in [0.29, 0.717) is 6.61 Å². The van der Waals surface area contributed by atoms with Crippen LogP contribution in [0.2, 0.25) is 0 Å². The van der Waals surface area contributed by atoms with Crippen LogP contribution in [0.5, 0.6) is 0 Å². The van der Waals surface area contributed by atoms with Crippen molar-refractivity contribution in [1.82, 2.24) is 0 Å². The molecule has 1 aliphatic heterocycles. The zero-order chi connectivity index (χ0) is 20.5. The molecular formula is C23H44O5. The van der Waals surface area contributed by atoms with E-state index in [1.165, 1.54) is 57.8 Å². The molecule has 0 bridgehead atoms. The van der Waals surface area contributed by atoms with Crippen LogP contribution in [-0.2, 0) is 9.47 Å². The Morgan fingerprint density at radius 2 is 1.50 bits per heavy atom. The summed E-state index contributed by atoms with van der Waals surface area (Å²) in [6, 6.07) is 0. The van der Waals surface area contributed by atoms with E-state index in [1.54, 1.807) is 0 Å². The molecular weight excluding hydrogens is 356 g/mol. The molecule has 28 heavy (non-hydrogen) atoms. The Balaban J connectivity index is 1.90. The van der Waals surface area contributed by atoms with E-state index in [9.17, 15) is 10.2 Å². The highest BCUT2D eigenvalue weighted by Gasteiger charge is 2.40. The molecule has 0 saturated carbocycles. The highest BCUT2D eigenvalue weighted by molar-refractivity contribution is 4.89. The van der Waals surface area contributed by atoms with Gasteiger partial charge in [0.1, 0.15) is 24.4 Å². The Morgan fingerprint density at radius 1 is 0.929 bits per heavy atom. The molecule has 1 rings (SSSR count). The molecule has 0 amide bonds. The summed E-state index contributed by atoms with van der Waals surface area (Å²) < 4.78 is 11.0. The predicted molar refractivity (Wildman–Crippen MR) is 113 cm³/mol. The summed E-state index contributed by atoms with van der Waals surface area (Å²) >= 11 is 0. The van der Waals surface area contributed by atoms with Crippen molar-refractivity contribution in [3.63, 3.8) is 0 Å². The molecule has 0 aromatic heterocycles. The quantitative estimate of drug-likeness (QED) is 0.238. The maximum atomic E-state index is 9.88. The van der Waals surface area contributed by atoms with Gasteiger partial charge in [0.25, 0.3) is 0 Å². The number of aliphatic hydroxyl groups is 3. The second-order valence-electron chi connectivity index (χ2n) is 8.03. The monoisotopic (exact) mass is 400 g/mol. The van der Waals surface area contributed by atoms with Gasteiger partial charge in [-0.1, -0.05) is 70.4 Å². The van der Waals surface area contributed by atoms with E-state index in [4.69, 9.17) is 14.6 Å². The van der Waals surface area contributed by atoms with E-state index in [1.807, 2.05) is 0 Å². The van der Waals surface area contributed by atoms with Crippen LogP contribution in [0.25, 0.3) is 0 Å². The molecule has 4 atom stereocenters. The first kappa shape index (κ1) is 25.6. The molecule has 0 aromatic rings. The first-order valence-electron chi connectivity index (χ1n) is 11.6. The maximum absolute atomic E-state index is 9.88. The number of hydrogen-bond donors (Lipinski definition) is 3. The minimum absolute atomic E-state index is 0.149. The van der Waals surface area contributed by atoms with E-state index < -0.39 is 24.4 Å².